The van der Waals surface area contributed by atoms with Gasteiger partial charge in [0, 0.05) is 31.2 Å². The molecule has 2 aliphatic heterocycles. The molecule has 5 rings (SSSR count). The number of anilines is 1. The van der Waals surface area contributed by atoms with Gasteiger partial charge in [-0.05, 0) is 62.3 Å². The van der Waals surface area contributed by atoms with E-state index in [0.29, 0.717) is 29.1 Å². The Balaban J connectivity index is 1.55. The van der Waals surface area contributed by atoms with Crippen molar-refractivity contribution in [3.8, 4) is 17.1 Å². The van der Waals surface area contributed by atoms with Crippen molar-refractivity contribution in [2.75, 3.05) is 31.6 Å². The fourth-order valence-corrected chi connectivity index (χ4v) is 4.88. The molecule has 3 heterocycles. The van der Waals surface area contributed by atoms with Gasteiger partial charge in [-0.2, -0.15) is 0 Å². The van der Waals surface area contributed by atoms with E-state index in [0.717, 1.165) is 56.6 Å². The molecule has 0 spiro atoms. The molecule has 1 saturated carbocycles. The third-order valence-corrected chi connectivity index (χ3v) is 6.32. The Kier molecular flexibility index (Phi) is 4.06. The number of hydrogen-bond acceptors (Lipinski definition) is 5. The van der Waals surface area contributed by atoms with E-state index >= 15 is 0 Å². The van der Waals surface area contributed by atoms with E-state index in [1.165, 1.54) is 6.42 Å². The maximum atomic E-state index is 13.6. The van der Waals surface area contributed by atoms with Crippen LogP contribution in [-0.2, 0) is 0 Å². The Labute approximate surface area is 159 Å². The molecule has 1 aromatic heterocycles. The van der Waals surface area contributed by atoms with Crippen molar-refractivity contribution < 1.29 is 14.1 Å². The topological polar surface area (TPSA) is 58.8 Å². The molecule has 6 nitrogen and oxygen atoms in total. The predicted molar refractivity (Wildman–Crippen MR) is 102 cm³/mol. The van der Waals surface area contributed by atoms with Crippen molar-refractivity contribution in [2.24, 2.45) is 5.92 Å². The van der Waals surface area contributed by atoms with Gasteiger partial charge in [-0.15, -0.1) is 0 Å². The lowest BCUT2D eigenvalue weighted by atomic mass is 10.0. The van der Waals surface area contributed by atoms with Crippen molar-refractivity contribution in [2.45, 2.75) is 38.1 Å². The summed E-state index contributed by atoms with van der Waals surface area (Å²) >= 11 is 0. The van der Waals surface area contributed by atoms with Crippen LogP contribution in [0.25, 0.3) is 11.3 Å². The second kappa shape index (κ2) is 6.59. The highest BCUT2D eigenvalue weighted by molar-refractivity contribution is 6.04. The number of carbonyl (C=O) groups is 1. The van der Waals surface area contributed by atoms with Crippen LogP contribution in [0.3, 0.4) is 0 Å². The fraction of sp³-hybridized carbons (Fsp3) is 0.524. The van der Waals surface area contributed by atoms with E-state index in [9.17, 15) is 4.79 Å². The number of methoxy groups -OCH3 is 1. The minimum Gasteiger partial charge on any atom is -0.497 e. The van der Waals surface area contributed by atoms with Gasteiger partial charge in [0.2, 0.25) is 0 Å². The molecule has 3 aliphatic rings. The fourth-order valence-electron chi connectivity index (χ4n) is 4.88. The molecule has 142 valence electrons. The average molecular weight is 367 g/mol. The van der Waals surface area contributed by atoms with Crippen LogP contribution in [0.2, 0.25) is 0 Å². The van der Waals surface area contributed by atoms with Gasteiger partial charge in [0.15, 0.2) is 11.6 Å². The van der Waals surface area contributed by atoms with Crippen LogP contribution in [0, 0.1) is 5.92 Å². The standard InChI is InChI=1S/C21H25N3O3/c1-26-17-8-5-15(6-9-17)19-18(20(22-27-19)23-10-2-3-11-23)21(25)24-13-14-4-7-16(24)12-14/h5-6,8-9,14,16H,2-4,7,10-13H2,1H3/t14-,16-/m0/s1. The number of rotatable bonds is 4. The molecule has 1 aromatic carbocycles. The molecule has 0 radical (unpaired) electrons. The maximum absolute atomic E-state index is 13.6. The number of amides is 1. The Bertz CT molecular complexity index is 839. The second-order valence-electron chi connectivity index (χ2n) is 7.92. The highest BCUT2D eigenvalue weighted by atomic mass is 16.5. The quantitative estimate of drug-likeness (QED) is 0.827. The van der Waals surface area contributed by atoms with Crippen molar-refractivity contribution in [1.29, 1.82) is 0 Å². The number of carbonyl (C=O) groups excluding carboxylic acids is 1. The predicted octanol–water partition coefficient (Wildman–Crippen LogP) is 3.57. The summed E-state index contributed by atoms with van der Waals surface area (Å²) in [5.74, 6) is 2.82. The highest BCUT2D eigenvalue weighted by Gasteiger charge is 2.43. The summed E-state index contributed by atoms with van der Waals surface area (Å²) in [5, 5.41) is 4.34. The van der Waals surface area contributed by atoms with Gasteiger partial charge in [-0.1, -0.05) is 5.16 Å². The Morgan fingerprint density at radius 3 is 2.59 bits per heavy atom. The number of fused-ring (bicyclic) bond motifs is 2. The lowest BCUT2D eigenvalue weighted by Gasteiger charge is -2.27. The number of aromatic nitrogens is 1. The maximum Gasteiger partial charge on any atom is 0.261 e. The number of benzene rings is 1. The first-order valence-corrected chi connectivity index (χ1v) is 9.94. The summed E-state index contributed by atoms with van der Waals surface area (Å²) in [4.78, 5) is 17.8. The smallest absolute Gasteiger partial charge is 0.261 e. The zero-order valence-corrected chi connectivity index (χ0v) is 15.7. The van der Waals surface area contributed by atoms with Gasteiger partial charge >= 0.3 is 0 Å². The lowest BCUT2D eigenvalue weighted by Crippen LogP contribution is -2.38. The van der Waals surface area contributed by atoms with Crippen LogP contribution < -0.4 is 9.64 Å². The molecule has 0 N–H and O–H groups in total. The molecule has 2 atom stereocenters. The second-order valence-corrected chi connectivity index (χ2v) is 7.92. The van der Waals surface area contributed by atoms with Gasteiger partial charge in [0.05, 0.1) is 7.11 Å². The van der Waals surface area contributed by atoms with Crippen LogP contribution in [-0.4, -0.2) is 48.7 Å². The first-order valence-electron chi connectivity index (χ1n) is 9.94. The molecule has 2 aromatic rings. The molecule has 27 heavy (non-hydrogen) atoms. The van der Waals surface area contributed by atoms with Gasteiger partial charge < -0.3 is 19.1 Å². The third kappa shape index (κ3) is 2.78. The Morgan fingerprint density at radius 1 is 1.19 bits per heavy atom. The van der Waals surface area contributed by atoms with Crippen molar-refractivity contribution in [3.63, 3.8) is 0 Å². The number of likely N-dealkylation sites (tertiary alicyclic amines) is 1. The summed E-state index contributed by atoms with van der Waals surface area (Å²) in [6.45, 7) is 2.73. The van der Waals surface area contributed by atoms with Gasteiger partial charge in [0.1, 0.15) is 11.3 Å². The summed E-state index contributed by atoms with van der Waals surface area (Å²) < 4.78 is 11.0. The van der Waals surface area contributed by atoms with E-state index in [4.69, 9.17) is 9.26 Å². The molecule has 2 bridgehead atoms. The van der Waals surface area contributed by atoms with Crippen LogP contribution in [0.4, 0.5) is 5.82 Å². The van der Waals surface area contributed by atoms with E-state index in [1.54, 1.807) is 7.11 Å². The van der Waals surface area contributed by atoms with Crippen LogP contribution >= 0.6 is 0 Å². The van der Waals surface area contributed by atoms with Crippen molar-refractivity contribution in [1.82, 2.24) is 10.1 Å². The van der Waals surface area contributed by atoms with Crippen molar-refractivity contribution in [3.05, 3.63) is 29.8 Å². The minimum absolute atomic E-state index is 0.0798. The van der Waals surface area contributed by atoms with Crippen LogP contribution in [0.1, 0.15) is 42.5 Å². The summed E-state index contributed by atoms with van der Waals surface area (Å²) in [6, 6.07) is 8.02. The third-order valence-electron chi connectivity index (χ3n) is 6.32. The average Bonchev–Trinajstić information content (AvgIpc) is 3.50. The SMILES string of the molecule is COc1ccc(-c2onc(N3CCCC3)c2C(=O)N2C[C@H]3CC[C@H]2C3)cc1. The zero-order valence-electron chi connectivity index (χ0n) is 15.7. The molecule has 0 unspecified atom stereocenters. The first-order chi connectivity index (χ1) is 13.2. The van der Waals surface area contributed by atoms with E-state index in [1.807, 2.05) is 24.3 Å². The van der Waals surface area contributed by atoms with E-state index in [-0.39, 0.29) is 5.91 Å². The molecule has 2 saturated heterocycles. The molecule has 1 amide bonds. The summed E-state index contributed by atoms with van der Waals surface area (Å²) in [6.07, 6.45) is 5.79. The molecular formula is C21H25N3O3. The normalized spacial score (nSPS) is 24.0. The van der Waals surface area contributed by atoms with Gasteiger partial charge in [-0.3, -0.25) is 4.79 Å². The molecular weight excluding hydrogens is 342 g/mol. The minimum atomic E-state index is 0.0798. The van der Waals surface area contributed by atoms with E-state index < -0.39 is 0 Å². The molecule has 3 fully saturated rings. The van der Waals surface area contributed by atoms with Gasteiger partial charge in [0.25, 0.3) is 5.91 Å². The molecule has 6 heteroatoms. The Hall–Kier alpha value is -2.50. The Morgan fingerprint density at radius 2 is 1.96 bits per heavy atom. The number of hydrogen-bond donors (Lipinski definition) is 0. The summed E-state index contributed by atoms with van der Waals surface area (Å²) in [7, 11) is 1.65. The van der Waals surface area contributed by atoms with Crippen LogP contribution in [0.5, 0.6) is 5.75 Å². The van der Waals surface area contributed by atoms with E-state index in [2.05, 4.69) is 15.0 Å². The first kappa shape index (κ1) is 16.7. The number of nitrogens with zero attached hydrogens (tertiary/aromatic N) is 3. The van der Waals surface area contributed by atoms with Crippen molar-refractivity contribution >= 4 is 11.7 Å². The number of ether oxygens (including phenoxy) is 1. The summed E-state index contributed by atoms with van der Waals surface area (Å²) in [5.41, 5.74) is 1.50. The lowest BCUT2D eigenvalue weighted by molar-refractivity contribution is 0.0704. The number of piperidine rings is 1. The van der Waals surface area contributed by atoms with Crippen LogP contribution in [0.15, 0.2) is 28.8 Å². The zero-order chi connectivity index (χ0) is 18.4. The highest BCUT2D eigenvalue weighted by Crippen LogP contribution is 2.41. The molecule has 1 aliphatic carbocycles. The monoisotopic (exact) mass is 367 g/mol. The largest absolute Gasteiger partial charge is 0.497 e. The van der Waals surface area contributed by atoms with Gasteiger partial charge in [-0.25, -0.2) is 0 Å².